The molecule has 6 heteroatoms. The largest absolute Gasteiger partial charge is 0.345 e. The predicted octanol–water partition coefficient (Wildman–Crippen LogP) is 1.27. The molecule has 5 nitrogen and oxygen atoms in total. The Labute approximate surface area is 124 Å². The third-order valence-corrected chi connectivity index (χ3v) is 3.40. The van der Waals surface area contributed by atoms with Crippen LogP contribution in [-0.2, 0) is 9.59 Å². The molecule has 0 spiro atoms. The molecular formula is C14H20ClN3O2. The molecule has 0 aliphatic heterocycles. The topological polar surface area (TPSA) is 84.2 Å². The average molecular weight is 298 g/mol. The van der Waals surface area contributed by atoms with Crippen molar-refractivity contribution in [1.29, 1.82) is 0 Å². The maximum absolute atomic E-state index is 11.8. The van der Waals surface area contributed by atoms with Gasteiger partial charge in [0.05, 0.1) is 12.1 Å². The van der Waals surface area contributed by atoms with Crippen LogP contribution < -0.4 is 16.4 Å². The Balaban J connectivity index is 0.00000200. The van der Waals surface area contributed by atoms with Gasteiger partial charge in [0.25, 0.3) is 0 Å². The van der Waals surface area contributed by atoms with Crippen molar-refractivity contribution in [2.45, 2.75) is 32.2 Å². The lowest BCUT2D eigenvalue weighted by atomic mass is 10.1. The monoisotopic (exact) mass is 297 g/mol. The van der Waals surface area contributed by atoms with Gasteiger partial charge in [0.15, 0.2) is 0 Å². The maximum Gasteiger partial charge on any atom is 0.243 e. The lowest BCUT2D eigenvalue weighted by molar-refractivity contribution is -0.125. The number of benzene rings is 1. The molecule has 1 aromatic rings. The van der Waals surface area contributed by atoms with Gasteiger partial charge >= 0.3 is 0 Å². The van der Waals surface area contributed by atoms with Crippen LogP contribution >= 0.6 is 12.4 Å². The summed E-state index contributed by atoms with van der Waals surface area (Å²) in [7, 11) is 0. The van der Waals surface area contributed by atoms with Crippen LogP contribution in [0.15, 0.2) is 18.2 Å². The van der Waals surface area contributed by atoms with E-state index in [0.29, 0.717) is 12.8 Å². The highest BCUT2D eigenvalue weighted by Crippen LogP contribution is 2.31. The molecule has 4 N–H and O–H groups in total. The number of nitrogens with one attached hydrogen (secondary N) is 2. The van der Waals surface area contributed by atoms with Crippen LogP contribution in [0.25, 0.3) is 0 Å². The van der Waals surface area contributed by atoms with E-state index in [4.69, 9.17) is 5.73 Å². The van der Waals surface area contributed by atoms with Crippen molar-refractivity contribution < 1.29 is 9.59 Å². The van der Waals surface area contributed by atoms with E-state index in [2.05, 4.69) is 10.6 Å². The lowest BCUT2D eigenvalue weighted by Crippen LogP contribution is -2.45. The zero-order chi connectivity index (χ0) is 14.0. The molecule has 20 heavy (non-hydrogen) atoms. The minimum Gasteiger partial charge on any atom is -0.345 e. The Bertz CT molecular complexity index is 507. The molecule has 1 fully saturated rings. The van der Waals surface area contributed by atoms with Crippen LogP contribution in [-0.4, -0.2) is 23.9 Å². The molecule has 2 amide bonds. The number of hydrogen-bond acceptors (Lipinski definition) is 3. The second-order valence-corrected chi connectivity index (χ2v) is 5.15. The van der Waals surface area contributed by atoms with Crippen molar-refractivity contribution in [2.75, 3.05) is 11.9 Å². The van der Waals surface area contributed by atoms with Gasteiger partial charge in [-0.25, -0.2) is 0 Å². The van der Waals surface area contributed by atoms with E-state index in [9.17, 15) is 9.59 Å². The summed E-state index contributed by atoms with van der Waals surface area (Å²) in [4.78, 5) is 23.4. The predicted molar refractivity (Wildman–Crippen MR) is 81.0 cm³/mol. The maximum atomic E-state index is 11.8. The van der Waals surface area contributed by atoms with E-state index in [1.807, 2.05) is 32.0 Å². The molecule has 2 rings (SSSR count). The second-order valence-electron chi connectivity index (χ2n) is 5.15. The summed E-state index contributed by atoms with van der Waals surface area (Å²) in [5.41, 5.74) is 7.79. The number of hydrogen-bond donors (Lipinski definition) is 3. The molecule has 0 heterocycles. The van der Waals surface area contributed by atoms with E-state index in [1.165, 1.54) is 0 Å². The molecule has 0 radical (unpaired) electrons. The first-order chi connectivity index (χ1) is 8.92. The van der Waals surface area contributed by atoms with Gasteiger partial charge in [-0.2, -0.15) is 0 Å². The average Bonchev–Trinajstić information content (AvgIpc) is 3.10. The smallest absolute Gasteiger partial charge is 0.243 e. The molecule has 0 unspecified atom stereocenters. The summed E-state index contributed by atoms with van der Waals surface area (Å²) in [6.45, 7) is 3.81. The normalized spacial score (nSPS) is 14.9. The van der Waals surface area contributed by atoms with Gasteiger partial charge in [-0.05, 0) is 37.8 Å². The number of para-hydroxylation sites is 1. The quantitative estimate of drug-likeness (QED) is 0.782. The van der Waals surface area contributed by atoms with Gasteiger partial charge in [-0.1, -0.05) is 18.2 Å². The molecule has 1 aromatic carbocycles. The number of carbonyl (C=O) groups excluding carboxylic acids is 2. The summed E-state index contributed by atoms with van der Waals surface area (Å²) in [6.07, 6.45) is 1.38. The van der Waals surface area contributed by atoms with E-state index < -0.39 is 5.54 Å². The van der Waals surface area contributed by atoms with Crippen LogP contribution in [0.4, 0.5) is 5.69 Å². The van der Waals surface area contributed by atoms with Crippen LogP contribution in [0.1, 0.15) is 24.0 Å². The molecule has 0 aromatic heterocycles. The number of halogens is 1. The first-order valence-electron chi connectivity index (χ1n) is 6.36. The fraction of sp³-hybridized carbons (Fsp3) is 0.429. The number of amides is 2. The highest BCUT2D eigenvalue weighted by molar-refractivity contribution is 5.97. The standard InChI is InChI=1S/C14H19N3O2.ClH/c1-9-4-3-5-10(2)12(9)17-11(18)8-16-13(19)14(15)6-7-14;/h3-5H,6-8,15H2,1-2H3,(H,16,19)(H,17,18);1H. The molecule has 1 saturated carbocycles. The number of carbonyl (C=O) groups is 2. The second kappa shape index (κ2) is 6.24. The highest BCUT2D eigenvalue weighted by atomic mass is 35.5. The van der Waals surface area contributed by atoms with Gasteiger partial charge < -0.3 is 16.4 Å². The molecule has 1 aliphatic carbocycles. The summed E-state index contributed by atoms with van der Waals surface area (Å²) in [6, 6.07) is 5.80. The fourth-order valence-electron chi connectivity index (χ4n) is 1.89. The van der Waals surface area contributed by atoms with E-state index in [-0.39, 0.29) is 30.8 Å². The SMILES string of the molecule is Cc1cccc(C)c1NC(=O)CNC(=O)C1(N)CC1.Cl. The van der Waals surface area contributed by atoms with Crippen LogP contribution in [0.5, 0.6) is 0 Å². The number of anilines is 1. The van der Waals surface area contributed by atoms with Gasteiger partial charge in [0.2, 0.25) is 11.8 Å². The first kappa shape index (κ1) is 16.5. The van der Waals surface area contributed by atoms with Crippen LogP contribution in [0, 0.1) is 13.8 Å². The van der Waals surface area contributed by atoms with Crippen molar-refractivity contribution in [2.24, 2.45) is 5.73 Å². The lowest BCUT2D eigenvalue weighted by Gasteiger charge is -2.13. The van der Waals surface area contributed by atoms with Gasteiger partial charge in [0.1, 0.15) is 0 Å². The van der Waals surface area contributed by atoms with E-state index in [0.717, 1.165) is 16.8 Å². The Morgan fingerprint density at radius 1 is 1.25 bits per heavy atom. The Morgan fingerprint density at radius 2 is 1.80 bits per heavy atom. The van der Waals surface area contributed by atoms with Crippen LogP contribution in [0.3, 0.4) is 0 Å². The van der Waals surface area contributed by atoms with Gasteiger partial charge in [-0.15, -0.1) is 12.4 Å². The molecule has 1 aliphatic rings. The van der Waals surface area contributed by atoms with Gasteiger partial charge in [0, 0.05) is 5.69 Å². The zero-order valence-corrected chi connectivity index (χ0v) is 12.5. The summed E-state index contributed by atoms with van der Waals surface area (Å²) in [5.74, 6) is -0.487. The fourth-order valence-corrected chi connectivity index (χ4v) is 1.89. The van der Waals surface area contributed by atoms with E-state index in [1.54, 1.807) is 0 Å². The van der Waals surface area contributed by atoms with E-state index >= 15 is 0 Å². The third kappa shape index (κ3) is 3.71. The molecule has 0 bridgehead atoms. The number of nitrogens with two attached hydrogens (primary N) is 1. The highest BCUT2D eigenvalue weighted by Gasteiger charge is 2.45. The third-order valence-electron chi connectivity index (χ3n) is 3.40. The van der Waals surface area contributed by atoms with Crippen molar-refractivity contribution in [3.8, 4) is 0 Å². The summed E-state index contributed by atoms with van der Waals surface area (Å²) in [5, 5.41) is 5.38. The van der Waals surface area contributed by atoms with Crippen molar-refractivity contribution >= 4 is 29.9 Å². The van der Waals surface area contributed by atoms with Crippen molar-refractivity contribution in [1.82, 2.24) is 5.32 Å². The molecular weight excluding hydrogens is 278 g/mol. The molecule has 110 valence electrons. The Kier molecular flexibility index (Phi) is 5.14. The number of aryl methyl sites for hydroxylation is 2. The summed E-state index contributed by atoms with van der Waals surface area (Å²) < 4.78 is 0. The first-order valence-corrected chi connectivity index (χ1v) is 6.36. The van der Waals surface area contributed by atoms with Gasteiger partial charge in [-0.3, -0.25) is 9.59 Å². The zero-order valence-electron chi connectivity index (χ0n) is 11.7. The molecule has 0 atom stereocenters. The Hall–Kier alpha value is -1.59. The minimum absolute atomic E-state index is 0. The number of rotatable bonds is 4. The van der Waals surface area contributed by atoms with Crippen LogP contribution in [0.2, 0.25) is 0 Å². The summed E-state index contributed by atoms with van der Waals surface area (Å²) >= 11 is 0. The Morgan fingerprint density at radius 3 is 2.30 bits per heavy atom. The minimum atomic E-state index is -0.737. The van der Waals surface area contributed by atoms with Crippen molar-refractivity contribution in [3.05, 3.63) is 29.3 Å². The van der Waals surface area contributed by atoms with Crippen molar-refractivity contribution in [3.63, 3.8) is 0 Å². The molecule has 0 saturated heterocycles.